The van der Waals surface area contributed by atoms with Gasteiger partial charge >= 0.3 is 0 Å². The van der Waals surface area contributed by atoms with Gasteiger partial charge in [0.15, 0.2) is 0 Å². The third kappa shape index (κ3) is 4.09. The van der Waals surface area contributed by atoms with Crippen molar-refractivity contribution >= 4 is 5.82 Å². The highest BCUT2D eigenvalue weighted by molar-refractivity contribution is 5.47. The van der Waals surface area contributed by atoms with Gasteiger partial charge in [0.25, 0.3) is 0 Å². The zero-order valence-corrected chi connectivity index (χ0v) is 17.6. The summed E-state index contributed by atoms with van der Waals surface area (Å²) in [5.41, 5.74) is 2.63. The predicted octanol–water partition coefficient (Wildman–Crippen LogP) is 3.86. The maximum atomic E-state index is 9.97. The molecule has 0 aliphatic heterocycles. The van der Waals surface area contributed by atoms with Crippen molar-refractivity contribution in [3.8, 4) is 5.88 Å². The molecule has 5 atom stereocenters. The summed E-state index contributed by atoms with van der Waals surface area (Å²) in [6.45, 7) is 6.58. The van der Waals surface area contributed by atoms with Crippen LogP contribution in [0.2, 0.25) is 0 Å². The minimum atomic E-state index is -0.302. The Labute approximate surface area is 172 Å². The molecule has 0 unspecified atom stereocenters. The number of methoxy groups -OCH3 is 1. The average Bonchev–Trinajstić information content (AvgIpc) is 3.01. The molecule has 6 nitrogen and oxygen atoms in total. The molecule has 29 heavy (non-hydrogen) atoms. The molecular formula is C23H31N3O3. The highest BCUT2D eigenvalue weighted by Gasteiger charge is 2.39. The molecule has 2 aromatic rings. The molecule has 1 aromatic heterocycles. The first-order valence-corrected chi connectivity index (χ1v) is 10.4. The van der Waals surface area contributed by atoms with Crippen molar-refractivity contribution in [2.75, 3.05) is 12.4 Å². The Bertz CT molecular complexity index is 847. The summed E-state index contributed by atoms with van der Waals surface area (Å²) in [5.74, 6) is 1.50. The summed E-state index contributed by atoms with van der Waals surface area (Å²) in [4.78, 5) is 8.68. The minimum absolute atomic E-state index is 0.000278. The van der Waals surface area contributed by atoms with Gasteiger partial charge in [-0.05, 0) is 35.3 Å². The maximum Gasteiger partial charge on any atom is 0.218 e. The van der Waals surface area contributed by atoms with Crippen LogP contribution in [0.5, 0.6) is 5.88 Å². The van der Waals surface area contributed by atoms with Crippen molar-refractivity contribution in [2.45, 2.75) is 69.8 Å². The lowest BCUT2D eigenvalue weighted by molar-refractivity contribution is 0.0532. The van der Waals surface area contributed by atoms with Crippen molar-refractivity contribution in [1.29, 1.82) is 0 Å². The fraction of sp³-hybridized carbons (Fsp3) is 0.565. The number of aliphatic hydroxyl groups excluding tert-OH is 1. The smallest absolute Gasteiger partial charge is 0.218 e. The first-order chi connectivity index (χ1) is 13.9. The fourth-order valence-electron chi connectivity index (χ4n) is 4.78. The van der Waals surface area contributed by atoms with E-state index in [0.717, 1.165) is 12.8 Å². The van der Waals surface area contributed by atoms with Gasteiger partial charge in [0, 0.05) is 19.6 Å². The molecule has 0 spiro atoms. The molecule has 0 bridgehead atoms. The van der Waals surface area contributed by atoms with Crippen molar-refractivity contribution in [3.05, 3.63) is 47.8 Å². The van der Waals surface area contributed by atoms with Gasteiger partial charge in [-0.1, -0.05) is 45.0 Å². The van der Waals surface area contributed by atoms with Crippen LogP contribution in [0, 0.1) is 5.92 Å². The number of rotatable bonds is 5. The Balaban J connectivity index is 1.55. The molecule has 4 rings (SSSR count). The van der Waals surface area contributed by atoms with Crippen LogP contribution in [0.4, 0.5) is 5.82 Å². The number of nitrogens with one attached hydrogen (secondary N) is 1. The van der Waals surface area contributed by atoms with Crippen LogP contribution in [-0.2, 0) is 10.2 Å². The van der Waals surface area contributed by atoms with Crippen LogP contribution in [0.15, 0.2) is 36.7 Å². The van der Waals surface area contributed by atoms with Crippen molar-refractivity contribution < 1.29 is 14.6 Å². The second-order valence-corrected chi connectivity index (χ2v) is 9.07. The number of aliphatic hydroxyl groups is 1. The fourth-order valence-corrected chi connectivity index (χ4v) is 4.78. The molecule has 156 valence electrons. The molecule has 1 heterocycles. The summed E-state index contributed by atoms with van der Waals surface area (Å²) in [6.07, 6.45) is 3.65. The van der Waals surface area contributed by atoms with E-state index in [1.807, 2.05) is 13.0 Å². The highest BCUT2D eigenvalue weighted by atomic mass is 16.5. The van der Waals surface area contributed by atoms with Gasteiger partial charge in [0.2, 0.25) is 5.88 Å². The van der Waals surface area contributed by atoms with E-state index in [9.17, 15) is 5.11 Å². The monoisotopic (exact) mass is 397 g/mol. The molecule has 0 radical (unpaired) electrons. The van der Waals surface area contributed by atoms with Crippen LogP contribution in [0.3, 0.4) is 0 Å². The minimum Gasteiger partial charge on any atom is -0.474 e. The average molecular weight is 398 g/mol. The Kier molecular flexibility index (Phi) is 5.49. The normalized spacial score (nSPS) is 30.6. The molecule has 2 aliphatic rings. The lowest BCUT2D eigenvalue weighted by atomic mass is 9.69. The van der Waals surface area contributed by atoms with E-state index in [4.69, 9.17) is 9.47 Å². The molecule has 0 saturated heterocycles. The molecule has 6 heteroatoms. The Morgan fingerprint density at radius 3 is 2.69 bits per heavy atom. The Morgan fingerprint density at radius 2 is 1.97 bits per heavy atom. The zero-order valence-electron chi connectivity index (χ0n) is 17.6. The van der Waals surface area contributed by atoms with Crippen LogP contribution >= 0.6 is 0 Å². The van der Waals surface area contributed by atoms with Gasteiger partial charge in [0.05, 0.1) is 18.2 Å². The van der Waals surface area contributed by atoms with E-state index in [2.05, 4.69) is 53.4 Å². The first kappa shape index (κ1) is 20.1. The summed E-state index contributed by atoms with van der Waals surface area (Å²) >= 11 is 0. The summed E-state index contributed by atoms with van der Waals surface area (Å²) in [6, 6.07) is 10.4. The predicted molar refractivity (Wildman–Crippen MR) is 112 cm³/mol. The van der Waals surface area contributed by atoms with E-state index >= 15 is 0 Å². The van der Waals surface area contributed by atoms with Crippen molar-refractivity contribution in [2.24, 2.45) is 5.92 Å². The second-order valence-electron chi connectivity index (χ2n) is 9.07. The number of hydrogen-bond donors (Lipinski definition) is 2. The number of aromatic nitrogens is 2. The second kappa shape index (κ2) is 7.92. The van der Waals surface area contributed by atoms with Gasteiger partial charge in [0.1, 0.15) is 18.2 Å². The van der Waals surface area contributed by atoms with Crippen LogP contribution < -0.4 is 10.1 Å². The first-order valence-electron chi connectivity index (χ1n) is 10.4. The van der Waals surface area contributed by atoms with Gasteiger partial charge in [-0.3, -0.25) is 0 Å². The Hall–Kier alpha value is -2.18. The Morgan fingerprint density at radius 1 is 1.17 bits per heavy atom. The summed E-state index contributed by atoms with van der Waals surface area (Å²) in [7, 11) is 1.77. The molecule has 0 amide bonds. The number of anilines is 1. The number of benzene rings is 1. The number of ether oxygens (including phenoxy) is 2. The zero-order chi connectivity index (χ0) is 20.6. The maximum absolute atomic E-state index is 9.97. The van der Waals surface area contributed by atoms with E-state index in [-0.39, 0.29) is 35.7 Å². The number of fused-ring (bicyclic) bond motifs is 1. The summed E-state index contributed by atoms with van der Waals surface area (Å²) < 4.78 is 11.9. The molecule has 1 saturated carbocycles. The third-order valence-electron chi connectivity index (χ3n) is 6.44. The van der Waals surface area contributed by atoms with Crippen LogP contribution in [0.25, 0.3) is 0 Å². The lowest BCUT2D eigenvalue weighted by Gasteiger charge is -2.42. The largest absolute Gasteiger partial charge is 0.474 e. The van der Waals surface area contributed by atoms with Gasteiger partial charge in [-0.2, -0.15) is 0 Å². The third-order valence-corrected chi connectivity index (χ3v) is 6.44. The van der Waals surface area contributed by atoms with E-state index in [0.29, 0.717) is 18.1 Å². The topological polar surface area (TPSA) is 76.5 Å². The SMILES string of the molecule is CO[C@H]1CC(C)(C)c2ccccc2[C@H]1Nc1cc(O[C@@H]2C[C@H](C)[C@@H](O)C2)ncn1. The lowest BCUT2D eigenvalue weighted by Crippen LogP contribution is -2.40. The van der Waals surface area contributed by atoms with Gasteiger partial charge < -0.3 is 19.9 Å². The quantitative estimate of drug-likeness (QED) is 0.798. The standard InChI is InChI=1S/C23H31N3O3/c1-14-9-15(10-18(14)27)29-21-11-20(24-13-25-21)26-22-16-7-5-6-8-17(16)23(2,3)12-19(22)28-4/h5-8,11,13-15,18-19,22,27H,9-10,12H2,1-4H3,(H,24,25,26)/t14-,15+,18-,19-,22+/m0/s1. The van der Waals surface area contributed by atoms with Crippen LogP contribution in [-0.4, -0.2) is 40.5 Å². The highest BCUT2D eigenvalue weighted by Crippen LogP contribution is 2.43. The van der Waals surface area contributed by atoms with Crippen molar-refractivity contribution in [1.82, 2.24) is 9.97 Å². The molecular weight excluding hydrogens is 366 g/mol. The van der Waals surface area contributed by atoms with Gasteiger partial charge in [-0.15, -0.1) is 0 Å². The summed E-state index contributed by atoms with van der Waals surface area (Å²) in [5, 5.41) is 13.5. The van der Waals surface area contributed by atoms with E-state index in [1.54, 1.807) is 7.11 Å². The number of nitrogens with zero attached hydrogens (tertiary/aromatic N) is 2. The van der Waals surface area contributed by atoms with Gasteiger partial charge in [-0.25, -0.2) is 9.97 Å². The molecule has 1 fully saturated rings. The molecule has 2 aliphatic carbocycles. The van der Waals surface area contributed by atoms with Crippen molar-refractivity contribution in [3.63, 3.8) is 0 Å². The number of hydrogen-bond acceptors (Lipinski definition) is 6. The van der Waals surface area contributed by atoms with E-state index < -0.39 is 0 Å². The van der Waals surface area contributed by atoms with E-state index in [1.165, 1.54) is 17.5 Å². The molecule has 2 N–H and O–H groups in total. The van der Waals surface area contributed by atoms with Crippen LogP contribution in [0.1, 0.15) is 57.2 Å². The molecule has 1 aromatic carbocycles.